The van der Waals surface area contributed by atoms with Gasteiger partial charge >= 0.3 is 17.9 Å². The summed E-state index contributed by atoms with van der Waals surface area (Å²) in [5.74, 6) is -2.24. The standard InChI is InChI=1S/C13H20O6/c1-4-11(16)18-13(9(2)3)19-12(17)8-6-5-7-10(14)15/h4,9,13H,1,5-8H2,2-3H3,(H,14,15). The first kappa shape index (κ1) is 17.2. The van der Waals surface area contributed by atoms with Gasteiger partial charge in [0.05, 0.1) is 0 Å². The van der Waals surface area contributed by atoms with Crippen molar-refractivity contribution >= 4 is 17.9 Å². The highest BCUT2D eigenvalue weighted by Crippen LogP contribution is 2.11. The predicted octanol–water partition coefficient (Wildman–Crippen LogP) is 1.89. The molecule has 0 saturated carbocycles. The van der Waals surface area contributed by atoms with Gasteiger partial charge in [-0.1, -0.05) is 20.4 Å². The lowest BCUT2D eigenvalue weighted by atomic mass is 10.2. The number of carboxylic acid groups (broad SMARTS) is 1. The van der Waals surface area contributed by atoms with Crippen LogP contribution in [0.1, 0.15) is 39.5 Å². The number of unbranched alkanes of at least 4 members (excludes halogenated alkanes) is 1. The quantitative estimate of drug-likeness (QED) is 0.298. The molecule has 0 amide bonds. The van der Waals surface area contributed by atoms with E-state index in [0.29, 0.717) is 12.8 Å². The maximum absolute atomic E-state index is 11.5. The van der Waals surface area contributed by atoms with Crippen LogP contribution in [0.15, 0.2) is 12.7 Å². The Balaban J connectivity index is 4.06. The van der Waals surface area contributed by atoms with Crippen molar-refractivity contribution in [2.45, 2.75) is 45.8 Å². The van der Waals surface area contributed by atoms with E-state index in [1.165, 1.54) is 0 Å². The van der Waals surface area contributed by atoms with Crippen LogP contribution in [0.5, 0.6) is 0 Å². The van der Waals surface area contributed by atoms with E-state index in [2.05, 4.69) is 6.58 Å². The Labute approximate surface area is 112 Å². The monoisotopic (exact) mass is 272 g/mol. The maximum atomic E-state index is 11.5. The Morgan fingerprint density at radius 2 is 1.74 bits per heavy atom. The Hall–Kier alpha value is -1.85. The second kappa shape index (κ2) is 9.13. The zero-order valence-corrected chi connectivity index (χ0v) is 11.3. The van der Waals surface area contributed by atoms with Crippen LogP contribution in [0.4, 0.5) is 0 Å². The van der Waals surface area contributed by atoms with Gasteiger partial charge in [0.15, 0.2) is 0 Å². The molecular weight excluding hydrogens is 252 g/mol. The number of ether oxygens (including phenoxy) is 2. The first-order valence-electron chi connectivity index (χ1n) is 6.11. The summed E-state index contributed by atoms with van der Waals surface area (Å²) in [5, 5.41) is 8.44. The van der Waals surface area contributed by atoms with Crippen LogP contribution in [0.2, 0.25) is 0 Å². The SMILES string of the molecule is C=CC(=O)OC(OC(=O)CCCCC(=O)O)C(C)C. The van der Waals surface area contributed by atoms with Crippen molar-refractivity contribution in [2.75, 3.05) is 0 Å². The number of carbonyl (C=O) groups excluding carboxylic acids is 2. The third-order valence-corrected chi connectivity index (χ3v) is 2.21. The Bertz CT molecular complexity index is 334. The van der Waals surface area contributed by atoms with Gasteiger partial charge < -0.3 is 14.6 Å². The van der Waals surface area contributed by atoms with Gasteiger partial charge in [-0.2, -0.15) is 0 Å². The van der Waals surface area contributed by atoms with Crippen LogP contribution < -0.4 is 0 Å². The molecule has 0 radical (unpaired) electrons. The van der Waals surface area contributed by atoms with Crippen LogP contribution in [0.25, 0.3) is 0 Å². The highest BCUT2D eigenvalue weighted by atomic mass is 16.7. The summed E-state index contributed by atoms with van der Waals surface area (Å²) >= 11 is 0. The van der Waals surface area contributed by atoms with Crippen molar-refractivity contribution < 1.29 is 29.0 Å². The number of carboxylic acids is 1. The molecule has 0 aromatic rings. The fourth-order valence-electron chi connectivity index (χ4n) is 1.19. The number of esters is 2. The van der Waals surface area contributed by atoms with Crippen molar-refractivity contribution in [3.63, 3.8) is 0 Å². The molecular formula is C13H20O6. The third-order valence-electron chi connectivity index (χ3n) is 2.21. The highest BCUT2D eigenvalue weighted by Gasteiger charge is 2.21. The Morgan fingerprint density at radius 1 is 1.16 bits per heavy atom. The summed E-state index contributed by atoms with van der Waals surface area (Å²) in [7, 11) is 0. The summed E-state index contributed by atoms with van der Waals surface area (Å²) in [6.45, 7) is 6.76. The Morgan fingerprint density at radius 3 is 2.21 bits per heavy atom. The molecule has 6 nitrogen and oxygen atoms in total. The van der Waals surface area contributed by atoms with Gasteiger partial charge in [0.25, 0.3) is 0 Å². The molecule has 108 valence electrons. The number of carbonyl (C=O) groups is 3. The number of hydrogen-bond donors (Lipinski definition) is 1. The zero-order chi connectivity index (χ0) is 14.8. The van der Waals surface area contributed by atoms with Gasteiger partial charge in [0.2, 0.25) is 6.29 Å². The smallest absolute Gasteiger partial charge is 0.333 e. The molecule has 0 fully saturated rings. The topological polar surface area (TPSA) is 89.9 Å². The van der Waals surface area contributed by atoms with E-state index >= 15 is 0 Å². The van der Waals surface area contributed by atoms with Crippen molar-refractivity contribution in [1.29, 1.82) is 0 Å². The van der Waals surface area contributed by atoms with Crippen molar-refractivity contribution in [2.24, 2.45) is 5.92 Å². The average molecular weight is 272 g/mol. The normalized spacial score (nSPS) is 11.7. The molecule has 0 aliphatic carbocycles. The first-order valence-corrected chi connectivity index (χ1v) is 6.11. The van der Waals surface area contributed by atoms with Crippen LogP contribution in [-0.2, 0) is 23.9 Å². The van der Waals surface area contributed by atoms with E-state index in [1.54, 1.807) is 13.8 Å². The van der Waals surface area contributed by atoms with Gasteiger partial charge in [-0.15, -0.1) is 0 Å². The molecule has 0 aromatic carbocycles. The van der Waals surface area contributed by atoms with E-state index in [1.807, 2.05) is 0 Å². The summed E-state index contributed by atoms with van der Waals surface area (Å²) in [6, 6.07) is 0. The molecule has 0 bridgehead atoms. The maximum Gasteiger partial charge on any atom is 0.333 e. The molecule has 0 aliphatic heterocycles. The van der Waals surface area contributed by atoms with E-state index in [9.17, 15) is 14.4 Å². The minimum atomic E-state index is -0.947. The second-order valence-corrected chi connectivity index (χ2v) is 4.34. The lowest BCUT2D eigenvalue weighted by molar-refractivity contribution is -0.192. The van der Waals surface area contributed by atoms with Crippen LogP contribution in [0.3, 0.4) is 0 Å². The van der Waals surface area contributed by atoms with E-state index in [0.717, 1.165) is 6.08 Å². The van der Waals surface area contributed by atoms with Crippen LogP contribution in [0, 0.1) is 5.92 Å². The average Bonchev–Trinajstić information content (AvgIpc) is 2.33. The Kier molecular flexibility index (Phi) is 8.24. The fraction of sp³-hybridized carbons (Fsp3) is 0.615. The molecule has 19 heavy (non-hydrogen) atoms. The van der Waals surface area contributed by atoms with E-state index in [4.69, 9.17) is 14.6 Å². The number of rotatable bonds is 9. The molecule has 0 heterocycles. The van der Waals surface area contributed by atoms with E-state index < -0.39 is 24.2 Å². The third kappa shape index (κ3) is 8.82. The van der Waals surface area contributed by atoms with Crippen molar-refractivity contribution in [3.8, 4) is 0 Å². The summed E-state index contributed by atoms with van der Waals surface area (Å²) in [5.41, 5.74) is 0. The van der Waals surface area contributed by atoms with E-state index in [-0.39, 0.29) is 18.8 Å². The molecule has 1 atom stereocenters. The molecule has 6 heteroatoms. The van der Waals surface area contributed by atoms with Gasteiger partial charge in [-0.25, -0.2) is 4.79 Å². The number of hydrogen-bond acceptors (Lipinski definition) is 5. The summed E-state index contributed by atoms with van der Waals surface area (Å²) in [4.78, 5) is 32.8. The molecule has 0 rings (SSSR count). The first-order chi connectivity index (χ1) is 8.86. The van der Waals surface area contributed by atoms with Gasteiger partial charge in [-0.3, -0.25) is 9.59 Å². The largest absolute Gasteiger partial charge is 0.481 e. The second-order valence-electron chi connectivity index (χ2n) is 4.34. The van der Waals surface area contributed by atoms with Crippen LogP contribution in [-0.4, -0.2) is 29.3 Å². The lowest BCUT2D eigenvalue weighted by Crippen LogP contribution is -2.28. The molecule has 0 aliphatic rings. The minimum Gasteiger partial charge on any atom is -0.481 e. The predicted molar refractivity (Wildman–Crippen MR) is 67.1 cm³/mol. The molecule has 0 spiro atoms. The van der Waals surface area contributed by atoms with Crippen LogP contribution >= 0.6 is 0 Å². The van der Waals surface area contributed by atoms with Crippen molar-refractivity contribution in [1.82, 2.24) is 0 Å². The summed E-state index contributed by atoms with van der Waals surface area (Å²) < 4.78 is 9.90. The van der Waals surface area contributed by atoms with Crippen molar-refractivity contribution in [3.05, 3.63) is 12.7 Å². The molecule has 1 N–H and O–H groups in total. The number of aliphatic carboxylic acids is 1. The lowest BCUT2D eigenvalue weighted by Gasteiger charge is -2.20. The highest BCUT2D eigenvalue weighted by molar-refractivity contribution is 5.81. The minimum absolute atomic E-state index is 0.0202. The molecule has 0 saturated heterocycles. The summed E-state index contributed by atoms with van der Waals surface area (Å²) in [6.07, 6.45) is 0.997. The van der Waals surface area contributed by atoms with Gasteiger partial charge in [-0.05, 0) is 12.8 Å². The van der Waals surface area contributed by atoms with Gasteiger partial charge in [0.1, 0.15) is 0 Å². The fourth-order valence-corrected chi connectivity index (χ4v) is 1.19. The molecule has 0 aromatic heterocycles. The molecule has 1 unspecified atom stereocenters. The zero-order valence-electron chi connectivity index (χ0n) is 11.3. The van der Waals surface area contributed by atoms with Gasteiger partial charge in [0, 0.05) is 24.8 Å².